The second-order valence-electron chi connectivity index (χ2n) is 5.83. The fraction of sp³-hybridized carbons (Fsp3) is 0.167. The SMILES string of the molecule is Cc1ccc(NC(=S)NNC(=O)c2c(C)nc3c(C)cccn23)cc1. The summed E-state index contributed by atoms with van der Waals surface area (Å²) in [4.78, 5) is 17.0. The summed E-state index contributed by atoms with van der Waals surface area (Å²) in [5, 5.41) is 3.32. The number of rotatable bonds is 2. The van der Waals surface area contributed by atoms with Crippen LogP contribution in [0.3, 0.4) is 0 Å². The number of carbonyl (C=O) groups excluding carboxylic acids is 1. The first kappa shape index (κ1) is 16.9. The van der Waals surface area contributed by atoms with Gasteiger partial charge in [-0.1, -0.05) is 23.8 Å². The van der Waals surface area contributed by atoms with E-state index in [1.54, 1.807) is 4.40 Å². The lowest BCUT2D eigenvalue weighted by molar-refractivity contribution is 0.0937. The van der Waals surface area contributed by atoms with E-state index in [0.29, 0.717) is 16.5 Å². The molecule has 0 aliphatic heterocycles. The van der Waals surface area contributed by atoms with Gasteiger partial charge in [-0.2, -0.15) is 0 Å². The number of carbonyl (C=O) groups is 1. The number of benzene rings is 1. The number of amides is 1. The van der Waals surface area contributed by atoms with E-state index in [0.717, 1.165) is 22.5 Å². The molecule has 0 saturated heterocycles. The van der Waals surface area contributed by atoms with Crippen LogP contribution in [0.5, 0.6) is 0 Å². The zero-order chi connectivity index (χ0) is 18.0. The van der Waals surface area contributed by atoms with Crippen molar-refractivity contribution in [3.63, 3.8) is 0 Å². The maximum Gasteiger partial charge on any atom is 0.288 e. The Bertz CT molecular complexity index is 946. The molecule has 0 spiro atoms. The van der Waals surface area contributed by atoms with E-state index in [-0.39, 0.29) is 5.91 Å². The number of anilines is 1. The van der Waals surface area contributed by atoms with Crippen LogP contribution in [-0.2, 0) is 0 Å². The molecule has 0 saturated carbocycles. The number of hydrazine groups is 1. The van der Waals surface area contributed by atoms with Crippen molar-refractivity contribution in [3.8, 4) is 0 Å². The maximum atomic E-state index is 12.5. The van der Waals surface area contributed by atoms with Gasteiger partial charge < -0.3 is 5.32 Å². The zero-order valence-corrected chi connectivity index (χ0v) is 15.1. The van der Waals surface area contributed by atoms with Crippen LogP contribution in [0.25, 0.3) is 5.65 Å². The highest BCUT2D eigenvalue weighted by molar-refractivity contribution is 7.80. The van der Waals surface area contributed by atoms with Gasteiger partial charge >= 0.3 is 0 Å². The Kier molecular flexibility index (Phi) is 4.67. The monoisotopic (exact) mass is 353 g/mol. The average Bonchev–Trinajstić information content (AvgIpc) is 2.92. The molecule has 2 aromatic heterocycles. The van der Waals surface area contributed by atoms with Crippen molar-refractivity contribution in [1.82, 2.24) is 20.2 Å². The summed E-state index contributed by atoms with van der Waals surface area (Å²) < 4.78 is 1.78. The van der Waals surface area contributed by atoms with Crippen LogP contribution in [0, 0.1) is 20.8 Å². The molecule has 7 heteroatoms. The molecule has 0 unspecified atom stereocenters. The number of aryl methyl sites for hydroxylation is 3. The van der Waals surface area contributed by atoms with E-state index >= 15 is 0 Å². The Morgan fingerprint density at radius 1 is 1.08 bits per heavy atom. The lowest BCUT2D eigenvalue weighted by Crippen LogP contribution is -2.44. The lowest BCUT2D eigenvalue weighted by Gasteiger charge is -2.12. The Labute approximate surface area is 151 Å². The molecule has 25 heavy (non-hydrogen) atoms. The molecule has 0 aliphatic carbocycles. The van der Waals surface area contributed by atoms with Gasteiger partial charge in [-0.15, -0.1) is 0 Å². The highest BCUT2D eigenvalue weighted by Gasteiger charge is 2.17. The Morgan fingerprint density at radius 3 is 2.52 bits per heavy atom. The van der Waals surface area contributed by atoms with Gasteiger partial charge in [0.25, 0.3) is 5.91 Å². The quantitative estimate of drug-likeness (QED) is 0.488. The first-order chi connectivity index (χ1) is 12.0. The van der Waals surface area contributed by atoms with Crippen LogP contribution in [-0.4, -0.2) is 20.4 Å². The summed E-state index contributed by atoms with van der Waals surface area (Å²) in [6, 6.07) is 11.6. The van der Waals surface area contributed by atoms with Gasteiger partial charge in [0.1, 0.15) is 11.3 Å². The van der Waals surface area contributed by atoms with Gasteiger partial charge in [0, 0.05) is 11.9 Å². The van der Waals surface area contributed by atoms with E-state index in [1.807, 2.05) is 63.4 Å². The normalized spacial score (nSPS) is 10.5. The fourth-order valence-corrected chi connectivity index (χ4v) is 2.73. The average molecular weight is 353 g/mol. The smallest absolute Gasteiger partial charge is 0.288 e. The molecule has 1 aromatic carbocycles. The molecule has 3 rings (SSSR count). The van der Waals surface area contributed by atoms with E-state index in [9.17, 15) is 4.79 Å². The lowest BCUT2D eigenvalue weighted by atomic mass is 10.2. The van der Waals surface area contributed by atoms with Crippen LogP contribution < -0.4 is 16.2 Å². The summed E-state index contributed by atoms with van der Waals surface area (Å²) in [7, 11) is 0. The number of nitrogens with zero attached hydrogens (tertiary/aromatic N) is 2. The van der Waals surface area contributed by atoms with E-state index in [4.69, 9.17) is 12.2 Å². The molecular weight excluding hydrogens is 334 g/mol. The van der Waals surface area contributed by atoms with Crippen molar-refractivity contribution in [1.29, 1.82) is 0 Å². The third-order valence-corrected chi connectivity index (χ3v) is 4.04. The number of thiocarbonyl (C=S) groups is 1. The second-order valence-corrected chi connectivity index (χ2v) is 6.24. The highest BCUT2D eigenvalue weighted by Crippen LogP contribution is 2.15. The minimum atomic E-state index is -0.302. The molecule has 3 aromatic rings. The van der Waals surface area contributed by atoms with Gasteiger partial charge in [-0.3, -0.25) is 20.0 Å². The Hall–Kier alpha value is -2.93. The third kappa shape index (κ3) is 3.61. The van der Waals surface area contributed by atoms with Crippen LogP contribution in [0.15, 0.2) is 42.6 Å². The number of hydrogen-bond donors (Lipinski definition) is 3. The summed E-state index contributed by atoms with van der Waals surface area (Å²) in [6.07, 6.45) is 1.82. The summed E-state index contributed by atoms with van der Waals surface area (Å²) in [5.41, 5.74) is 10.3. The van der Waals surface area contributed by atoms with Gasteiger partial charge in [0.15, 0.2) is 5.11 Å². The summed E-state index contributed by atoms with van der Waals surface area (Å²) in [6.45, 7) is 5.78. The summed E-state index contributed by atoms with van der Waals surface area (Å²) in [5.74, 6) is -0.302. The first-order valence-corrected chi connectivity index (χ1v) is 8.25. The zero-order valence-electron chi connectivity index (χ0n) is 14.3. The number of pyridine rings is 1. The number of fused-ring (bicyclic) bond motifs is 1. The Balaban J connectivity index is 1.68. The minimum Gasteiger partial charge on any atom is -0.331 e. The molecule has 0 atom stereocenters. The number of hydrogen-bond acceptors (Lipinski definition) is 3. The van der Waals surface area contributed by atoms with E-state index < -0.39 is 0 Å². The molecular formula is C18H19N5OS. The van der Waals surface area contributed by atoms with Gasteiger partial charge in [-0.05, 0) is 56.8 Å². The number of nitrogens with one attached hydrogen (secondary N) is 3. The largest absolute Gasteiger partial charge is 0.331 e. The minimum absolute atomic E-state index is 0.302. The van der Waals surface area contributed by atoms with E-state index in [2.05, 4.69) is 21.2 Å². The maximum absolute atomic E-state index is 12.5. The highest BCUT2D eigenvalue weighted by atomic mass is 32.1. The van der Waals surface area contributed by atoms with Crippen LogP contribution >= 0.6 is 12.2 Å². The first-order valence-electron chi connectivity index (χ1n) is 7.84. The van der Waals surface area contributed by atoms with Crippen LogP contribution in [0.4, 0.5) is 5.69 Å². The molecule has 0 aliphatic rings. The van der Waals surface area contributed by atoms with Crippen molar-refractivity contribution in [2.75, 3.05) is 5.32 Å². The second kappa shape index (κ2) is 6.90. The standard InChI is InChI=1S/C18H19N5OS/c1-11-6-8-14(9-7-11)20-18(25)22-21-17(24)15-13(3)19-16-12(2)5-4-10-23(15)16/h4-10H,1-3H3,(H,21,24)(H2,20,22,25). The molecule has 0 radical (unpaired) electrons. The third-order valence-electron chi connectivity index (χ3n) is 3.83. The van der Waals surface area contributed by atoms with Crippen molar-refractivity contribution in [2.45, 2.75) is 20.8 Å². The molecule has 0 fully saturated rings. The van der Waals surface area contributed by atoms with Crippen molar-refractivity contribution < 1.29 is 4.79 Å². The molecule has 0 bridgehead atoms. The Morgan fingerprint density at radius 2 is 1.80 bits per heavy atom. The van der Waals surface area contributed by atoms with Crippen LogP contribution in [0.1, 0.15) is 27.3 Å². The van der Waals surface area contributed by atoms with Crippen LogP contribution in [0.2, 0.25) is 0 Å². The fourth-order valence-electron chi connectivity index (χ4n) is 2.56. The van der Waals surface area contributed by atoms with Gasteiger partial charge in [-0.25, -0.2) is 4.98 Å². The number of imidazole rings is 1. The molecule has 3 N–H and O–H groups in total. The predicted molar refractivity (Wildman–Crippen MR) is 103 cm³/mol. The molecule has 2 heterocycles. The molecule has 6 nitrogen and oxygen atoms in total. The molecule has 128 valence electrons. The number of aromatic nitrogens is 2. The van der Waals surface area contributed by atoms with Gasteiger partial charge in [0.05, 0.1) is 5.69 Å². The van der Waals surface area contributed by atoms with Crippen molar-refractivity contribution >= 4 is 34.6 Å². The topological polar surface area (TPSA) is 70.5 Å². The van der Waals surface area contributed by atoms with Crippen molar-refractivity contribution in [2.24, 2.45) is 0 Å². The molecule has 1 amide bonds. The summed E-state index contributed by atoms with van der Waals surface area (Å²) >= 11 is 5.21. The van der Waals surface area contributed by atoms with E-state index in [1.165, 1.54) is 0 Å². The predicted octanol–water partition coefficient (Wildman–Crippen LogP) is 2.89. The van der Waals surface area contributed by atoms with Gasteiger partial charge in [0.2, 0.25) is 0 Å². The van der Waals surface area contributed by atoms with Crippen molar-refractivity contribution in [3.05, 3.63) is 65.1 Å².